The highest BCUT2D eigenvalue weighted by Gasteiger charge is 2.26. The van der Waals surface area contributed by atoms with Gasteiger partial charge < -0.3 is 14.1 Å². The van der Waals surface area contributed by atoms with Crippen LogP contribution in [0.1, 0.15) is 32.2 Å². The van der Waals surface area contributed by atoms with Gasteiger partial charge in [0.1, 0.15) is 5.75 Å². The van der Waals surface area contributed by atoms with E-state index in [-0.39, 0.29) is 18.5 Å². The summed E-state index contributed by atoms with van der Waals surface area (Å²) >= 11 is 6.19. The molecular weight excluding hydrogens is 390 g/mol. The number of aromatic nitrogens is 2. The fraction of sp³-hybridized carbons (Fsp3) is 0.318. The number of nitrogens with zero attached hydrogens (tertiary/aromatic N) is 3. The Morgan fingerprint density at radius 1 is 1.10 bits per heavy atom. The van der Waals surface area contributed by atoms with Crippen LogP contribution >= 0.6 is 11.6 Å². The smallest absolute Gasteiger partial charge is 0.264 e. The van der Waals surface area contributed by atoms with Gasteiger partial charge in [0.05, 0.1) is 17.1 Å². The molecule has 0 spiro atoms. The minimum atomic E-state index is -0.647. The lowest BCUT2D eigenvalue weighted by atomic mass is 10.2. The maximum Gasteiger partial charge on any atom is 0.264 e. The van der Waals surface area contributed by atoms with E-state index in [2.05, 4.69) is 10.2 Å². The molecule has 2 aromatic carbocycles. The molecule has 29 heavy (non-hydrogen) atoms. The molecular formula is C22H24ClN3O3. The number of rotatable bonds is 7. The van der Waals surface area contributed by atoms with Crippen LogP contribution in [0.5, 0.6) is 5.75 Å². The van der Waals surface area contributed by atoms with Gasteiger partial charge in [0.15, 0.2) is 6.10 Å². The number of hydrogen-bond acceptors (Lipinski definition) is 5. The number of halogens is 1. The lowest BCUT2D eigenvalue weighted by Gasteiger charge is -2.28. The minimum Gasteiger partial charge on any atom is -0.481 e. The van der Waals surface area contributed by atoms with Crippen LogP contribution < -0.4 is 4.74 Å². The first-order valence-electron chi connectivity index (χ1n) is 9.46. The monoisotopic (exact) mass is 413 g/mol. The molecule has 0 fully saturated rings. The second-order valence-corrected chi connectivity index (χ2v) is 7.52. The molecule has 0 bridgehead atoms. The fourth-order valence-corrected chi connectivity index (χ4v) is 3.04. The molecule has 152 valence electrons. The highest BCUT2D eigenvalue weighted by atomic mass is 35.5. The van der Waals surface area contributed by atoms with Crippen LogP contribution in [0.3, 0.4) is 0 Å². The molecule has 3 rings (SSSR count). The van der Waals surface area contributed by atoms with Gasteiger partial charge in [0, 0.05) is 6.04 Å². The summed E-state index contributed by atoms with van der Waals surface area (Å²) in [5.41, 5.74) is 1.79. The topological polar surface area (TPSA) is 68.5 Å². The standard InChI is InChI=1S/C22H24ClN3O3/c1-14(2)26(22(27)16(4)28-17-11-9-15(3)10-12-17)13-20-24-25-21(29-20)18-7-5-6-8-19(18)23/h5-12,14,16H,13H2,1-4H3. The third kappa shape index (κ3) is 5.15. The summed E-state index contributed by atoms with van der Waals surface area (Å²) in [6.45, 7) is 7.79. The van der Waals surface area contributed by atoms with E-state index in [1.807, 2.05) is 63.2 Å². The normalized spacial score (nSPS) is 12.1. The van der Waals surface area contributed by atoms with Crippen molar-refractivity contribution in [2.45, 2.75) is 46.4 Å². The molecule has 0 aliphatic heterocycles. The van der Waals surface area contributed by atoms with Crippen molar-refractivity contribution in [3.63, 3.8) is 0 Å². The van der Waals surface area contributed by atoms with Crippen molar-refractivity contribution < 1.29 is 13.9 Å². The summed E-state index contributed by atoms with van der Waals surface area (Å²) in [4.78, 5) is 14.6. The zero-order chi connectivity index (χ0) is 21.0. The molecule has 1 aromatic heterocycles. The van der Waals surface area contributed by atoms with Crippen LogP contribution in [-0.2, 0) is 11.3 Å². The quantitative estimate of drug-likeness (QED) is 0.550. The largest absolute Gasteiger partial charge is 0.481 e. The number of hydrogen-bond donors (Lipinski definition) is 0. The van der Waals surface area contributed by atoms with Crippen molar-refractivity contribution >= 4 is 17.5 Å². The second kappa shape index (κ2) is 9.09. The Hall–Kier alpha value is -2.86. The van der Waals surface area contributed by atoms with Crippen LogP contribution in [0.2, 0.25) is 5.02 Å². The van der Waals surface area contributed by atoms with Gasteiger partial charge in [-0.25, -0.2) is 0 Å². The molecule has 1 heterocycles. The summed E-state index contributed by atoms with van der Waals surface area (Å²) in [6, 6.07) is 14.8. The Labute approximate surface area is 175 Å². The average Bonchev–Trinajstić information content (AvgIpc) is 3.16. The van der Waals surface area contributed by atoms with Crippen molar-refractivity contribution in [2.24, 2.45) is 0 Å². The first-order chi connectivity index (χ1) is 13.8. The molecule has 7 heteroatoms. The number of ether oxygens (including phenoxy) is 1. The molecule has 1 atom stereocenters. The molecule has 6 nitrogen and oxygen atoms in total. The molecule has 0 aliphatic rings. The number of carbonyl (C=O) groups excluding carboxylic acids is 1. The molecule has 0 saturated carbocycles. The molecule has 0 saturated heterocycles. The molecule has 0 N–H and O–H groups in total. The van der Waals surface area contributed by atoms with E-state index >= 15 is 0 Å². The van der Waals surface area contributed by atoms with E-state index in [0.29, 0.717) is 28.1 Å². The van der Waals surface area contributed by atoms with Crippen molar-refractivity contribution in [1.82, 2.24) is 15.1 Å². The van der Waals surface area contributed by atoms with Crippen LogP contribution in [-0.4, -0.2) is 33.2 Å². The van der Waals surface area contributed by atoms with Crippen LogP contribution in [0, 0.1) is 6.92 Å². The Bertz CT molecular complexity index is 969. The van der Waals surface area contributed by atoms with Crippen molar-refractivity contribution in [1.29, 1.82) is 0 Å². The maximum absolute atomic E-state index is 13.0. The lowest BCUT2D eigenvalue weighted by molar-refractivity contribution is -0.140. The van der Waals surface area contributed by atoms with Crippen molar-refractivity contribution in [3.05, 3.63) is 65.0 Å². The van der Waals surface area contributed by atoms with Crippen LogP contribution in [0.25, 0.3) is 11.5 Å². The van der Waals surface area contributed by atoms with Crippen LogP contribution in [0.4, 0.5) is 0 Å². The van der Waals surface area contributed by atoms with Crippen molar-refractivity contribution in [2.75, 3.05) is 0 Å². The summed E-state index contributed by atoms with van der Waals surface area (Å²) in [5.74, 6) is 1.16. The van der Waals surface area contributed by atoms with Gasteiger partial charge in [-0.1, -0.05) is 41.4 Å². The highest BCUT2D eigenvalue weighted by Crippen LogP contribution is 2.26. The maximum atomic E-state index is 13.0. The first kappa shape index (κ1) is 20.9. The Morgan fingerprint density at radius 3 is 2.45 bits per heavy atom. The molecule has 0 aliphatic carbocycles. The summed E-state index contributed by atoms with van der Waals surface area (Å²) in [7, 11) is 0. The van der Waals surface area contributed by atoms with E-state index in [1.54, 1.807) is 17.9 Å². The van der Waals surface area contributed by atoms with E-state index in [0.717, 1.165) is 5.56 Å². The van der Waals surface area contributed by atoms with E-state index in [4.69, 9.17) is 20.8 Å². The SMILES string of the molecule is Cc1ccc(OC(C)C(=O)N(Cc2nnc(-c3ccccc3Cl)o2)C(C)C)cc1. The Morgan fingerprint density at radius 2 is 1.79 bits per heavy atom. The summed E-state index contributed by atoms with van der Waals surface area (Å²) in [5, 5.41) is 8.68. The predicted molar refractivity (Wildman–Crippen MR) is 112 cm³/mol. The van der Waals surface area contributed by atoms with Gasteiger partial charge in [-0.3, -0.25) is 4.79 Å². The number of aryl methyl sites for hydroxylation is 1. The summed E-state index contributed by atoms with van der Waals surface area (Å²) < 4.78 is 11.6. The number of carbonyl (C=O) groups is 1. The third-order valence-corrected chi connectivity index (χ3v) is 4.79. The van der Waals surface area contributed by atoms with Gasteiger partial charge in [-0.2, -0.15) is 0 Å². The summed E-state index contributed by atoms with van der Waals surface area (Å²) in [6.07, 6.45) is -0.647. The Kier molecular flexibility index (Phi) is 6.54. The lowest BCUT2D eigenvalue weighted by Crippen LogP contribution is -2.43. The third-order valence-electron chi connectivity index (χ3n) is 4.46. The molecule has 0 radical (unpaired) electrons. The average molecular weight is 414 g/mol. The van der Waals surface area contributed by atoms with E-state index in [9.17, 15) is 4.79 Å². The van der Waals surface area contributed by atoms with Gasteiger partial charge in [0.2, 0.25) is 11.8 Å². The molecule has 1 unspecified atom stereocenters. The molecule has 3 aromatic rings. The van der Waals surface area contributed by atoms with E-state index in [1.165, 1.54) is 0 Å². The number of amides is 1. The van der Waals surface area contributed by atoms with Gasteiger partial charge in [-0.05, 0) is 52.0 Å². The Balaban J connectivity index is 1.72. The zero-order valence-electron chi connectivity index (χ0n) is 16.9. The van der Waals surface area contributed by atoms with Crippen molar-refractivity contribution in [3.8, 4) is 17.2 Å². The van der Waals surface area contributed by atoms with Gasteiger partial charge in [0.25, 0.3) is 5.91 Å². The fourth-order valence-electron chi connectivity index (χ4n) is 2.83. The van der Waals surface area contributed by atoms with Crippen LogP contribution in [0.15, 0.2) is 52.9 Å². The second-order valence-electron chi connectivity index (χ2n) is 7.11. The first-order valence-corrected chi connectivity index (χ1v) is 9.84. The highest BCUT2D eigenvalue weighted by molar-refractivity contribution is 6.33. The zero-order valence-corrected chi connectivity index (χ0v) is 17.7. The molecule has 1 amide bonds. The van der Waals surface area contributed by atoms with E-state index < -0.39 is 6.10 Å². The van der Waals surface area contributed by atoms with Gasteiger partial charge >= 0.3 is 0 Å². The predicted octanol–water partition coefficient (Wildman–Crippen LogP) is 4.90. The number of benzene rings is 2. The van der Waals surface area contributed by atoms with Gasteiger partial charge in [-0.15, -0.1) is 10.2 Å². The minimum absolute atomic E-state index is 0.0674.